The van der Waals surface area contributed by atoms with E-state index in [1.165, 1.54) is 0 Å². The second-order valence-corrected chi connectivity index (χ2v) is 9.56. The number of hydrogen-bond acceptors (Lipinski definition) is 5. The number of nitrogens with zero attached hydrogens (tertiary/aromatic N) is 2. The first-order chi connectivity index (χ1) is 15.8. The van der Waals surface area contributed by atoms with Gasteiger partial charge in [-0.05, 0) is 36.8 Å². The van der Waals surface area contributed by atoms with Crippen LogP contribution in [0.3, 0.4) is 0 Å². The molecule has 5 nitrogen and oxygen atoms in total. The molecule has 5 heteroatoms. The molecule has 2 atom stereocenters. The molecule has 2 aromatic carbocycles. The van der Waals surface area contributed by atoms with Crippen molar-refractivity contribution in [2.24, 2.45) is 5.41 Å². The van der Waals surface area contributed by atoms with Gasteiger partial charge in [0.25, 0.3) is 0 Å². The Bertz CT molecular complexity index is 1080. The van der Waals surface area contributed by atoms with Crippen molar-refractivity contribution in [1.82, 2.24) is 4.98 Å². The third-order valence-electron chi connectivity index (χ3n) is 5.95. The quantitative estimate of drug-likeness (QED) is 0.451. The summed E-state index contributed by atoms with van der Waals surface area (Å²) in [5.74, 6) is -0.361. The summed E-state index contributed by atoms with van der Waals surface area (Å²) in [7, 11) is 0. The van der Waals surface area contributed by atoms with Crippen LogP contribution in [0.5, 0.6) is 0 Å². The molecule has 0 saturated carbocycles. The van der Waals surface area contributed by atoms with Crippen molar-refractivity contribution < 1.29 is 14.3 Å². The molecular formula is C28H32N2O3. The lowest BCUT2D eigenvalue weighted by atomic mass is 9.88. The fourth-order valence-electron chi connectivity index (χ4n) is 4.10. The van der Waals surface area contributed by atoms with E-state index in [4.69, 9.17) is 14.5 Å². The number of benzene rings is 2. The molecule has 1 aliphatic rings. The molecule has 1 fully saturated rings. The minimum Gasteiger partial charge on any atom is -0.433 e. The lowest BCUT2D eigenvalue weighted by Crippen LogP contribution is -2.37. The fraction of sp³-hybridized carbons (Fsp3) is 0.357. The number of rotatable bonds is 7. The van der Waals surface area contributed by atoms with E-state index in [1.54, 1.807) is 0 Å². The molecule has 1 aliphatic heterocycles. The zero-order chi connectivity index (χ0) is 23.5. The van der Waals surface area contributed by atoms with Crippen molar-refractivity contribution in [2.45, 2.75) is 52.6 Å². The van der Waals surface area contributed by atoms with Crippen molar-refractivity contribution in [3.63, 3.8) is 0 Å². The van der Waals surface area contributed by atoms with Crippen molar-refractivity contribution in [3.05, 3.63) is 95.8 Å². The Morgan fingerprint density at radius 3 is 2.15 bits per heavy atom. The van der Waals surface area contributed by atoms with Crippen molar-refractivity contribution in [2.75, 3.05) is 11.4 Å². The van der Waals surface area contributed by atoms with Crippen LogP contribution in [0.15, 0.2) is 78.9 Å². The second-order valence-electron chi connectivity index (χ2n) is 9.56. The highest BCUT2D eigenvalue weighted by molar-refractivity contribution is 5.83. The number of anilines is 1. The summed E-state index contributed by atoms with van der Waals surface area (Å²) >= 11 is 0. The predicted molar refractivity (Wildman–Crippen MR) is 130 cm³/mol. The van der Waals surface area contributed by atoms with E-state index in [0.29, 0.717) is 13.0 Å². The monoisotopic (exact) mass is 444 g/mol. The summed E-state index contributed by atoms with van der Waals surface area (Å²) in [4.78, 5) is 20.5. The maximum absolute atomic E-state index is 13.3. The number of pyridine rings is 1. The maximum Gasteiger partial charge on any atom is 0.346 e. The largest absolute Gasteiger partial charge is 0.433 e. The molecule has 0 aliphatic carbocycles. The lowest BCUT2D eigenvalue weighted by molar-refractivity contribution is -0.156. The number of hydrogen-bond donors (Lipinski definition) is 0. The second kappa shape index (κ2) is 9.36. The molecule has 2 heterocycles. The highest BCUT2D eigenvalue weighted by Gasteiger charge is 2.54. The summed E-state index contributed by atoms with van der Waals surface area (Å²) in [6.45, 7) is 9.71. The molecular weight excluding hydrogens is 412 g/mol. The van der Waals surface area contributed by atoms with Gasteiger partial charge in [-0.3, -0.25) is 4.98 Å². The average Bonchev–Trinajstić information content (AvgIpc) is 3.16. The number of cyclic esters (lactones) is 1. The topological polar surface area (TPSA) is 51.7 Å². The molecule has 0 spiro atoms. The number of carbonyl (C=O) groups is 1. The molecule has 0 amide bonds. The van der Waals surface area contributed by atoms with Crippen LogP contribution in [-0.2, 0) is 32.8 Å². The molecule has 1 saturated heterocycles. The Hall–Kier alpha value is -3.18. The number of carbonyl (C=O) groups excluding carboxylic acids is 1. The summed E-state index contributed by atoms with van der Waals surface area (Å²) in [6, 6.07) is 25.9. The summed E-state index contributed by atoms with van der Waals surface area (Å²) in [5, 5.41) is 0. The van der Waals surface area contributed by atoms with Crippen LogP contribution in [0.4, 0.5) is 5.69 Å². The van der Waals surface area contributed by atoms with Gasteiger partial charge in [0.15, 0.2) is 5.60 Å². The third-order valence-corrected chi connectivity index (χ3v) is 5.95. The molecule has 0 bridgehead atoms. The van der Waals surface area contributed by atoms with Gasteiger partial charge >= 0.3 is 5.97 Å². The van der Waals surface area contributed by atoms with E-state index >= 15 is 0 Å². The van der Waals surface area contributed by atoms with E-state index in [1.807, 2.05) is 87.5 Å². The van der Waals surface area contributed by atoms with Gasteiger partial charge in [0.2, 0.25) is 6.29 Å². The first-order valence-corrected chi connectivity index (χ1v) is 11.5. The zero-order valence-corrected chi connectivity index (χ0v) is 19.8. The van der Waals surface area contributed by atoms with Gasteiger partial charge in [0.1, 0.15) is 0 Å². The van der Waals surface area contributed by atoms with E-state index in [2.05, 4.69) is 24.0 Å². The Balaban J connectivity index is 1.63. The lowest BCUT2D eigenvalue weighted by Gasteiger charge is -2.29. The van der Waals surface area contributed by atoms with E-state index < -0.39 is 11.9 Å². The first-order valence-electron chi connectivity index (χ1n) is 11.5. The standard InChI is InChI=1S/C28H32N2O3/c1-5-30(24-17-10-7-11-18-24)20-23-16-12-15-22(29-23)19-28(21-13-8-6-9-14-21)25(31)32-26(33-28)27(2,3)4/h6-18,26H,5,19-20H2,1-4H3/t26-,28+/m1/s1. The Kier molecular flexibility index (Phi) is 6.52. The molecule has 0 N–H and O–H groups in total. The molecule has 0 unspecified atom stereocenters. The minimum atomic E-state index is -1.21. The molecule has 33 heavy (non-hydrogen) atoms. The highest BCUT2D eigenvalue weighted by atomic mass is 16.8. The van der Waals surface area contributed by atoms with Crippen LogP contribution in [0.1, 0.15) is 44.6 Å². The Morgan fingerprint density at radius 2 is 1.55 bits per heavy atom. The van der Waals surface area contributed by atoms with Crippen molar-refractivity contribution in [3.8, 4) is 0 Å². The smallest absolute Gasteiger partial charge is 0.346 e. The van der Waals surface area contributed by atoms with Gasteiger partial charge in [0, 0.05) is 29.8 Å². The number of ether oxygens (including phenoxy) is 2. The van der Waals surface area contributed by atoms with Crippen molar-refractivity contribution in [1.29, 1.82) is 0 Å². The molecule has 0 radical (unpaired) electrons. The third kappa shape index (κ3) is 4.93. The minimum absolute atomic E-state index is 0.313. The van der Waals surface area contributed by atoms with Gasteiger partial charge < -0.3 is 14.4 Å². The summed E-state index contributed by atoms with van der Waals surface area (Å²) in [6.07, 6.45) is -0.310. The van der Waals surface area contributed by atoms with E-state index in [-0.39, 0.29) is 11.4 Å². The van der Waals surface area contributed by atoms with Crippen LogP contribution in [0.25, 0.3) is 0 Å². The van der Waals surface area contributed by atoms with E-state index in [0.717, 1.165) is 29.2 Å². The van der Waals surface area contributed by atoms with Gasteiger partial charge in [-0.2, -0.15) is 0 Å². The molecule has 172 valence electrons. The van der Waals surface area contributed by atoms with Crippen LogP contribution in [0.2, 0.25) is 0 Å². The number of aromatic nitrogens is 1. The van der Waals surface area contributed by atoms with Gasteiger partial charge in [0.05, 0.1) is 12.2 Å². The Labute approximate surface area is 196 Å². The number of para-hydroxylation sites is 1. The molecule has 4 rings (SSSR count). The Morgan fingerprint density at radius 1 is 0.909 bits per heavy atom. The molecule has 1 aromatic heterocycles. The van der Waals surface area contributed by atoms with E-state index in [9.17, 15) is 4.79 Å². The van der Waals surface area contributed by atoms with Gasteiger partial charge in [-0.25, -0.2) is 4.79 Å². The average molecular weight is 445 g/mol. The van der Waals surface area contributed by atoms with Gasteiger partial charge in [-0.1, -0.05) is 75.4 Å². The summed E-state index contributed by atoms with van der Waals surface area (Å²) in [5.41, 5.74) is 2.14. The first kappa shape index (κ1) is 23.0. The number of esters is 1. The summed E-state index contributed by atoms with van der Waals surface area (Å²) < 4.78 is 12.1. The van der Waals surface area contributed by atoms with Crippen LogP contribution in [0, 0.1) is 5.41 Å². The SMILES string of the molecule is CCN(Cc1cccc(C[C@@]2(c3ccccc3)O[C@H](C(C)(C)C)OC2=O)n1)c1ccccc1. The zero-order valence-electron chi connectivity index (χ0n) is 19.8. The normalized spacial score (nSPS) is 20.5. The predicted octanol–water partition coefficient (Wildman–Crippen LogP) is 5.49. The van der Waals surface area contributed by atoms with Crippen LogP contribution < -0.4 is 4.90 Å². The highest BCUT2D eigenvalue weighted by Crippen LogP contribution is 2.42. The van der Waals surface area contributed by atoms with Crippen molar-refractivity contribution >= 4 is 11.7 Å². The van der Waals surface area contributed by atoms with Gasteiger partial charge in [-0.15, -0.1) is 0 Å². The maximum atomic E-state index is 13.3. The van der Waals surface area contributed by atoms with Crippen LogP contribution in [-0.4, -0.2) is 23.8 Å². The van der Waals surface area contributed by atoms with Crippen LogP contribution >= 0.6 is 0 Å². The fourth-order valence-corrected chi connectivity index (χ4v) is 4.10. The molecule has 3 aromatic rings.